The Bertz CT molecular complexity index is 362. The summed E-state index contributed by atoms with van der Waals surface area (Å²) in [5, 5.41) is 0. The van der Waals surface area contributed by atoms with Gasteiger partial charge in [0.1, 0.15) is 0 Å². The van der Waals surface area contributed by atoms with Crippen molar-refractivity contribution in [2.24, 2.45) is 0 Å². The molecule has 0 saturated carbocycles. The highest BCUT2D eigenvalue weighted by molar-refractivity contribution is 5.52. The standard InChI is InChI=1S/C7H8F2N2O2/c1-13-5-4(6(8)9)3(10)2-11-7(5)12/h2,6H,10H2,1H3,(H,11,12). The second kappa shape index (κ2) is 3.42. The molecule has 3 N–H and O–H groups in total. The molecule has 4 nitrogen and oxygen atoms in total. The number of rotatable bonds is 2. The maximum Gasteiger partial charge on any atom is 0.290 e. The van der Waals surface area contributed by atoms with E-state index in [1.165, 1.54) is 0 Å². The zero-order chi connectivity index (χ0) is 10.0. The van der Waals surface area contributed by atoms with Crippen LogP contribution in [0.15, 0.2) is 11.0 Å². The van der Waals surface area contributed by atoms with Crippen molar-refractivity contribution in [2.75, 3.05) is 12.8 Å². The summed E-state index contributed by atoms with van der Waals surface area (Å²) in [6, 6.07) is 0. The zero-order valence-electron chi connectivity index (χ0n) is 6.80. The molecule has 0 bridgehead atoms. The van der Waals surface area contributed by atoms with Crippen molar-refractivity contribution >= 4 is 5.69 Å². The minimum atomic E-state index is -2.82. The number of nitrogens with two attached hydrogens (primary N) is 1. The van der Waals surface area contributed by atoms with E-state index in [2.05, 4.69) is 9.72 Å². The minimum absolute atomic E-state index is 0.188. The van der Waals surface area contributed by atoms with Crippen molar-refractivity contribution in [3.63, 3.8) is 0 Å². The Balaban J connectivity index is 3.44. The molecule has 1 heterocycles. The normalized spacial score (nSPS) is 10.5. The number of anilines is 1. The summed E-state index contributed by atoms with van der Waals surface area (Å²) in [7, 11) is 1.13. The van der Waals surface area contributed by atoms with E-state index in [1.54, 1.807) is 0 Å². The fourth-order valence-electron chi connectivity index (χ4n) is 0.968. The van der Waals surface area contributed by atoms with Gasteiger partial charge in [-0.25, -0.2) is 8.78 Å². The molecule has 0 radical (unpaired) electrons. The Morgan fingerprint density at radius 3 is 2.62 bits per heavy atom. The van der Waals surface area contributed by atoms with E-state index in [-0.39, 0.29) is 5.69 Å². The lowest BCUT2D eigenvalue weighted by Crippen LogP contribution is -2.13. The van der Waals surface area contributed by atoms with Crippen molar-refractivity contribution in [1.29, 1.82) is 0 Å². The molecule has 0 saturated heterocycles. The molecule has 0 aliphatic heterocycles. The van der Waals surface area contributed by atoms with E-state index in [4.69, 9.17) is 5.73 Å². The molecule has 0 fully saturated rings. The van der Waals surface area contributed by atoms with Gasteiger partial charge in [-0.1, -0.05) is 0 Å². The van der Waals surface area contributed by atoms with Crippen LogP contribution in [0.4, 0.5) is 14.5 Å². The molecule has 72 valence electrons. The lowest BCUT2D eigenvalue weighted by molar-refractivity contribution is 0.147. The second-order valence-corrected chi connectivity index (χ2v) is 2.32. The fourth-order valence-corrected chi connectivity index (χ4v) is 0.968. The Labute approximate surface area is 72.3 Å². The summed E-state index contributed by atoms with van der Waals surface area (Å²) in [4.78, 5) is 13.1. The number of aromatic amines is 1. The first-order valence-corrected chi connectivity index (χ1v) is 3.41. The first kappa shape index (κ1) is 9.50. The summed E-state index contributed by atoms with van der Waals surface area (Å²) in [6.45, 7) is 0. The van der Waals surface area contributed by atoms with Crippen LogP contribution in [-0.4, -0.2) is 12.1 Å². The van der Waals surface area contributed by atoms with Gasteiger partial charge in [-0.05, 0) is 0 Å². The SMILES string of the molecule is COc1c(C(F)F)c(N)c[nH]c1=O. The Morgan fingerprint density at radius 2 is 2.23 bits per heavy atom. The van der Waals surface area contributed by atoms with E-state index in [1.807, 2.05) is 0 Å². The smallest absolute Gasteiger partial charge is 0.290 e. The number of hydrogen-bond donors (Lipinski definition) is 2. The number of pyridine rings is 1. The van der Waals surface area contributed by atoms with Crippen LogP contribution in [0.2, 0.25) is 0 Å². The monoisotopic (exact) mass is 190 g/mol. The number of hydrogen-bond acceptors (Lipinski definition) is 3. The highest BCUT2D eigenvalue weighted by Crippen LogP contribution is 2.30. The number of H-pyrrole nitrogens is 1. The fraction of sp³-hybridized carbons (Fsp3) is 0.286. The third-order valence-corrected chi connectivity index (χ3v) is 1.54. The highest BCUT2D eigenvalue weighted by atomic mass is 19.3. The van der Waals surface area contributed by atoms with Crippen LogP contribution in [-0.2, 0) is 0 Å². The van der Waals surface area contributed by atoms with Crippen molar-refractivity contribution in [3.05, 3.63) is 22.1 Å². The average Bonchev–Trinajstić information content (AvgIpc) is 2.07. The van der Waals surface area contributed by atoms with Crippen LogP contribution in [0, 0.1) is 0 Å². The molecule has 0 amide bonds. The number of nitrogen functional groups attached to an aromatic ring is 1. The summed E-state index contributed by atoms with van der Waals surface area (Å²) in [5.41, 5.74) is 3.77. The topological polar surface area (TPSA) is 68.1 Å². The van der Waals surface area contributed by atoms with E-state index in [0.717, 1.165) is 13.3 Å². The van der Waals surface area contributed by atoms with Crippen LogP contribution < -0.4 is 16.0 Å². The Hall–Kier alpha value is -1.59. The van der Waals surface area contributed by atoms with Crippen LogP contribution >= 0.6 is 0 Å². The quantitative estimate of drug-likeness (QED) is 0.728. The summed E-state index contributed by atoms with van der Waals surface area (Å²) in [5.74, 6) is -0.435. The van der Waals surface area contributed by atoms with Gasteiger partial charge < -0.3 is 15.5 Å². The predicted molar refractivity (Wildman–Crippen MR) is 43.0 cm³/mol. The van der Waals surface area contributed by atoms with Crippen molar-refractivity contribution in [1.82, 2.24) is 4.98 Å². The second-order valence-electron chi connectivity index (χ2n) is 2.32. The number of ether oxygens (including phenoxy) is 1. The molecule has 1 aromatic heterocycles. The van der Waals surface area contributed by atoms with E-state index in [0.29, 0.717) is 0 Å². The minimum Gasteiger partial charge on any atom is -0.491 e. The Kier molecular flexibility index (Phi) is 2.50. The molecule has 0 atom stereocenters. The third-order valence-electron chi connectivity index (χ3n) is 1.54. The first-order chi connectivity index (χ1) is 6.07. The molecular formula is C7H8F2N2O2. The molecule has 1 aromatic rings. The van der Waals surface area contributed by atoms with Gasteiger partial charge in [-0.15, -0.1) is 0 Å². The van der Waals surface area contributed by atoms with Crippen LogP contribution in [0.5, 0.6) is 5.75 Å². The van der Waals surface area contributed by atoms with Crippen LogP contribution in [0.3, 0.4) is 0 Å². The van der Waals surface area contributed by atoms with E-state index < -0.39 is 23.3 Å². The first-order valence-electron chi connectivity index (χ1n) is 3.41. The lowest BCUT2D eigenvalue weighted by atomic mass is 10.2. The number of aromatic nitrogens is 1. The molecule has 0 aliphatic rings. The third kappa shape index (κ3) is 1.61. The lowest BCUT2D eigenvalue weighted by Gasteiger charge is -2.08. The molecule has 0 aliphatic carbocycles. The van der Waals surface area contributed by atoms with Crippen molar-refractivity contribution < 1.29 is 13.5 Å². The van der Waals surface area contributed by atoms with Gasteiger partial charge in [0, 0.05) is 6.20 Å². The van der Waals surface area contributed by atoms with Gasteiger partial charge in [0.25, 0.3) is 12.0 Å². The number of alkyl halides is 2. The molecule has 1 rings (SSSR count). The molecule has 6 heteroatoms. The number of halogens is 2. The summed E-state index contributed by atoms with van der Waals surface area (Å²) in [6.07, 6.45) is -1.80. The van der Waals surface area contributed by atoms with Gasteiger partial charge in [0.2, 0.25) is 0 Å². The Morgan fingerprint density at radius 1 is 1.62 bits per heavy atom. The van der Waals surface area contributed by atoms with Crippen LogP contribution in [0.25, 0.3) is 0 Å². The molecule has 0 spiro atoms. The summed E-state index contributed by atoms with van der Waals surface area (Å²) < 4.78 is 29.2. The zero-order valence-corrected chi connectivity index (χ0v) is 6.80. The molecule has 0 unspecified atom stereocenters. The molecule has 13 heavy (non-hydrogen) atoms. The number of nitrogens with one attached hydrogen (secondary N) is 1. The highest BCUT2D eigenvalue weighted by Gasteiger charge is 2.20. The van der Waals surface area contributed by atoms with Gasteiger partial charge in [0.05, 0.1) is 18.4 Å². The molecular weight excluding hydrogens is 182 g/mol. The predicted octanol–water partition coefficient (Wildman–Crippen LogP) is 0.903. The number of methoxy groups -OCH3 is 1. The molecule has 0 aromatic carbocycles. The van der Waals surface area contributed by atoms with Gasteiger partial charge in [0.15, 0.2) is 5.75 Å². The van der Waals surface area contributed by atoms with Crippen molar-refractivity contribution in [3.8, 4) is 5.75 Å². The van der Waals surface area contributed by atoms with Crippen LogP contribution in [0.1, 0.15) is 12.0 Å². The summed E-state index contributed by atoms with van der Waals surface area (Å²) >= 11 is 0. The van der Waals surface area contributed by atoms with E-state index >= 15 is 0 Å². The van der Waals surface area contributed by atoms with Gasteiger partial charge >= 0.3 is 0 Å². The van der Waals surface area contributed by atoms with Crippen molar-refractivity contribution in [2.45, 2.75) is 6.43 Å². The maximum absolute atomic E-state index is 12.3. The van der Waals surface area contributed by atoms with Gasteiger partial charge in [-0.2, -0.15) is 0 Å². The average molecular weight is 190 g/mol. The van der Waals surface area contributed by atoms with E-state index in [9.17, 15) is 13.6 Å². The maximum atomic E-state index is 12.3. The van der Waals surface area contributed by atoms with Gasteiger partial charge in [-0.3, -0.25) is 4.79 Å². The largest absolute Gasteiger partial charge is 0.491 e.